The second-order valence-corrected chi connectivity index (χ2v) is 16.7. The van der Waals surface area contributed by atoms with Crippen molar-refractivity contribution in [3.63, 3.8) is 0 Å². The van der Waals surface area contributed by atoms with Gasteiger partial charge in [-0.1, -0.05) is 59.7 Å². The Morgan fingerprint density at radius 3 is 2.03 bits per heavy atom. The molecule has 11 heteroatoms. The van der Waals surface area contributed by atoms with Crippen molar-refractivity contribution in [2.24, 2.45) is 0 Å². The number of nitrogens with zero attached hydrogens (tertiary/aromatic N) is 1. The number of fused-ring (bicyclic) bond motifs is 1. The molecule has 2 aromatic rings. The van der Waals surface area contributed by atoms with Crippen molar-refractivity contribution >= 4 is 35.1 Å². The van der Waals surface area contributed by atoms with Crippen LogP contribution in [-0.2, 0) is 26.0 Å². The van der Waals surface area contributed by atoms with Crippen LogP contribution in [0.2, 0.25) is 16.6 Å². The van der Waals surface area contributed by atoms with Gasteiger partial charge in [-0.15, -0.1) is 0 Å². The van der Waals surface area contributed by atoms with Gasteiger partial charge in [0, 0.05) is 17.3 Å². The number of hydrogen-bond acceptors (Lipinski definition) is 4. The van der Waals surface area contributed by atoms with Crippen LogP contribution in [0.3, 0.4) is 0 Å². The summed E-state index contributed by atoms with van der Waals surface area (Å²) >= 11 is 0. The quantitative estimate of drug-likeness (QED) is 0.375. The number of nitrogens with one attached hydrogen (secondary N) is 1. The number of carbonyl (C=O) groups excluding carboxylic acids is 1. The number of ether oxygens (including phenoxy) is 1. The fourth-order valence-electron chi connectivity index (χ4n) is 5.36. The Labute approximate surface area is 194 Å². The van der Waals surface area contributed by atoms with Crippen molar-refractivity contribution in [2.75, 3.05) is 7.11 Å². The number of carbonyl (C=O) groups is 1. The topological polar surface area (TPSA) is 77.4 Å². The Bertz CT molecular complexity index is 1070. The molecule has 0 aliphatic rings. The highest BCUT2D eigenvalue weighted by Gasteiger charge is 2.49. The summed E-state index contributed by atoms with van der Waals surface area (Å²) in [6, 6.07) is 5.79. The lowest BCUT2D eigenvalue weighted by Crippen LogP contribution is -2.51. The van der Waals surface area contributed by atoms with Crippen LogP contribution in [0.4, 0.5) is 13.2 Å². The molecule has 0 saturated heterocycles. The van der Waals surface area contributed by atoms with Crippen LogP contribution in [0.15, 0.2) is 30.5 Å². The molecule has 0 bridgehead atoms. The van der Waals surface area contributed by atoms with Crippen LogP contribution < -0.4 is 4.72 Å². The van der Waals surface area contributed by atoms with Crippen LogP contribution >= 0.6 is 0 Å². The number of para-hydroxylation sites is 1. The normalized spacial score (nSPS) is 14.5. The van der Waals surface area contributed by atoms with Crippen molar-refractivity contribution in [3.8, 4) is 0 Å². The van der Waals surface area contributed by atoms with Crippen LogP contribution in [-0.4, -0.2) is 45.5 Å². The Kier molecular flexibility index (Phi) is 8.13. The van der Waals surface area contributed by atoms with E-state index in [1.54, 1.807) is 0 Å². The van der Waals surface area contributed by atoms with Crippen LogP contribution in [0.1, 0.15) is 47.1 Å². The molecule has 186 valence electrons. The summed E-state index contributed by atoms with van der Waals surface area (Å²) < 4.78 is 70.8. The standard InChI is InChI=1S/C22H33F3N2O4SSi/c1-14(2)33(15(3)4,16(5)6)27-13-17(18-10-8-9-11-20(18)27)12-19(21(28)31-7)26-32(29,30)22(23,24)25/h8-11,13-16,19,26H,12H2,1-7H3/t19-/m0/s1. The molecular formula is C22H33F3N2O4SSi. The Morgan fingerprint density at radius 1 is 1.06 bits per heavy atom. The number of benzene rings is 1. The zero-order valence-electron chi connectivity index (χ0n) is 20.0. The first-order chi connectivity index (χ1) is 15.1. The highest BCUT2D eigenvalue weighted by atomic mass is 32.2. The lowest BCUT2D eigenvalue weighted by Gasteiger charge is -2.44. The molecule has 1 N–H and O–H groups in total. The van der Waals surface area contributed by atoms with E-state index in [0.29, 0.717) is 22.2 Å². The highest BCUT2D eigenvalue weighted by Crippen LogP contribution is 2.45. The summed E-state index contributed by atoms with van der Waals surface area (Å²) in [6.07, 6.45) is 1.63. The average molecular weight is 507 g/mol. The molecule has 0 unspecified atom stereocenters. The van der Waals surface area contributed by atoms with Gasteiger partial charge in [0.05, 0.1) is 7.11 Å². The molecule has 1 aromatic heterocycles. The van der Waals surface area contributed by atoms with E-state index in [9.17, 15) is 26.4 Å². The minimum atomic E-state index is -5.74. The predicted molar refractivity (Wildman–Crippen MR) is 126 cm³/mol. The Balaban J connectivity index is 2.70. The first-order valence-electron chi connectivity index (χ1n) is 10.9. The molecule has 0 amide bonds. The van der Waals surface area contributed by atoms with Gasteiger partial charge in [0.1, 0.15) is 6.04 Å². The van der Waals surface area contributed by atoms with E-state index in [1.165, 1.54) is 4.72 Å². The lowest BCUT2D eigenvalue weighted by atomic mass is 10.1. The SMILES string of the molecule is COC(=O)[C@H](Cc1cn([Si](C(C)C)(C(C)C)C(C)C)c2ccccc12)NS(=O)(=O)C(F)(F)F. The van der Waals surface area contributed by atoms with E-state index in [2.05, 4.69) is 50.5 Å². The highest BCUT2D eigenvalue weighted by molar-refractivity contribution is 7.90. The lowest BCUT2D eigenvalue weighted by molar-refractivity contribution is -0.142. The van der Waals surface area contributed by atoms with Gasteiger partial charge in [-0.3, -0.25) is 4.79 Å². The number of esters is 1. The van der Waals surface area contributed by atoms with E-state index in [4.69, 9.17) is 0 Å². The molecule has 6 nitrogen and oxygen atoms in total. The molecule has 0 radical (unpaired) electrons. The third-order valence-corrected chi connectivity index (χ3v) is 14.5. The molecular weight excluding hydrogens is 473 g/mol. The minimum Gasteiger partial charge on any atom is -0.468 e. The van der Waals surface area contributed by atoms with E-state index in [1.807, 2.05) is 30.5 Å². The van der Waals surface area contributed by atoms with E-state index in [-0.39, 0.29) is 6.42 Å². The molecule has 1 atom stereocenters. The first kappa shape index (κ1) is 27.4. The third-order valence-electron chi connectivity index (χ3n) is 6.50. The summed E-state index contributed by atoms with van der Waals surface area (Å²) in [5.41, 5.74) is -2.98. The fourth-order valence-corrected chi connectivity index (χ4v) is 12.7. The molecule has 33 heavy (non-hydrogen) atoms. The summed E-state index contributed by atoms with van der Waals surface area (Å²) in [4.78, 5) is 12.3. The van der Waals surface area contributed by atoms with Gasteiger partial charge in [0.15, 0.2) is 8.24 Å². The maximum atomic E-state index is 13.0. The molecule has 1 aromatic carbocycles. The molecule has 0 saturated carbocycles. The van der Waals surface area contributed by atoms with Gasteiger partial charge in [-0.25, -0.2) is 8.42 Å². The largest absolute Gasteiger partial charge is 0.511 e. The maximum absolute atomic E-state index is 13.0. The van der Waals surface area contributed by atoms with Crippen LogP contribution in [0, 0.1) is 0 Å². The Hall–Kier alpha value is -1.85. The number of hydrogen-bond donors (Lipinski definition) is 1. The van der Waals surface area contributed by atoms with Gasteiger partial charge in [0.25, 0.3) is 0 Å². The number of alkyl halides is 3. The average Bonchev–Trinajstić information content (AvgIpc) is 3.04. The number of rotatable bonds is 9. The number of methoxy groups -OCH3 is 1. The molecule has 0 spiro atoms. The van der Waals surface area contributed by atoms with Gasteiger partial charge < -0.3 is 8.97 Å². The van der Waals surface area contributed by atoms with Gasteiger partial charge in [0.2, 0.25) is 0 Å². The number of sulfonamides is 1. The molecule has 0 aliphatic carbocycles. The molecule has 1 heterocycles. The van der Waals surface area contributed by atoms with Gasteiger partial charge >= 0.3 is 21.5 Å². The monoisotopic (exact) mass is 506 g/mol. The fraction of sp³-hybridized carbons (Fsp3) is 0.591. The summed E-state index contributed by atoms with van der Waals surface area (Å²) in [5, 5.41) is 0.774. The number of halogens is 3. The second-order valence-electron chi connectivity index (χ2n) is 9.24. The van der Waals surface area contributed by atoms with Crippen LogP contribution in [0.25, 0.3) is 10.9 Å². The Morgan fingerprint density at radius 2 is 1.58 bits per heavy atom. The van der Waals surface area contributed by atoms with Crippen molar-refractivity contribution < 1.29 is 31.1 Å². The smallest absolute Gasteiger partial charge is 0.468 e. The summed E-state index contributed by atoms with van der Waals surface area (Å²) in [6.45, 7) is 13.1. The summed E-state index contributed by atoms with van der Waals surface area (Å²) in [7, 11) is -6.96. The van der Waals surface area contributed by atoms with E-state index in [0.717, 1.165) is 18.0 Å². The van der Waals surface area contributed by atoms with Crippen molar-refractivity contribution in [1.29, 1.82) is 0 Å². The van der Waals surface area contributed by atoms with Gasteiger partial charge in [-0.2, -0.15) is 17.9 Å². The zero-order chi connectivity index (χ0) is 25.4. The second kappa shape index (κ2) is 9.79. The molecule has 0 aliphatic heterocycles. The van der Waals surface area contributed by atoms with E-state index >= 15 is 0 Å². The van der Waals surface area contributed by atoms with Crippen molar-refractivity contribution in [2.45, 2.75) is 76.1 Å². The molecule has 2 rings (SSSR count). The van der Waals surface area contributed by atoms with Crippen molar-refractivity contribution in [3.05, 3.63) is 36.0 Å². The number of aromatic nitrogens is 1. The zero-order valence-corrected chi connectivity index (χ0v) is 21.8. The van der Waals surface area contributed by atoms with E-state index < -0.39 is 35.8 Å². The van der Waals surface area contributed by atoms with Crippen LogP contribution in [0.5, 0.6) is 0 Å². The minimum absolute atomic E-state index is 0.270. The summed E-state index contributed by atoms with van der Waals surface area (Å²) in [5.74, 6) is -1.08. The van der Waals surface area contributed by atoms with Crippen molar-refractivity contribution in [1.82, 2.24) is 8.95 Å². The molecule has 0 fully saturated rings. The maximum Gasteiger partial charge on any atom is 0.511 e. The van der Waals surface area contributed by atoms with Gasteiger partial charge in [-0.05, 0) is 34.5 Å². The third kappa shape index (κ3) is 5.00. The first-order valence-corrected chi connectivity index (χ1v) is 14.5. The predicted octanol–water partition coefficient (Wildman–Crippen LogP) is 5.19.